The summed E-state index contributed by atoms with van der Waals surface area (Å²) in [4.78, 5) is 14.3. The Bertz CT molecular complexity index is 724. The molecule has 1 aromatic carbocycles. The lowest BCUT2D eigenvalue weighted by atomic mass is 9.96. The molecule has 1 saturated heterocycles. The topological polar surface area (TPSA) is 42.7 Å². The van der Waals surface area contributed by atoms with E-state index in [9.17, 15) is 4.79 Å². The van der Waals surface area contributed by atoms with E-state index in [0.717, 1.165) is 38.3 Å². The molecule has 0 radical (unpaired) electrons. The van der Waals surface area contributed by atoms with Crippen LogP contribution in [0, 0.1) is 0 Å². The van der Waals surface area contributed by atoms with Gasteiger partial charge in [0, 0.05) is 25.4 Å². The fraction of sp³-hybridized carbons (Fsp3) is 0.353. The van der Waals surface area contributed by atoms with Gasteiger partial charge < -0.3 is 14.1 Å². The van der Waals surface area contributed by atoms with Gasteiger partial charge in [0.15, 0.2) is 10.4 Å². The van der Waals surface area contributed by atoms with Gasteiger partial charge in [0.25, 0.3) is 5.91 Å². The third-order valence-electron chi connectivity index (χ3n) is 4.44. The molecule has 0 N–H and O–H groups in total. The molecule has 0 spiro atoms. The Morgan fingerprint density at radius 3 is 3.00 bits per heavy atom. The lowest BCUT2D eigenvalue weighted by molar-refractivity contribution is 0.0758. The predicted molar refractivity (Wildman–Crippen MR) is 85.3 cm³/mol. The highest BCUT2D eigenvalue weighted by Gasteiger charge is 2.30. The first-order chi connectivity index (χ1) is 10.7. The molecule has 4 rings (SSSR count). The second-order valence-corrected chi connectivity index (χ2v) is 6.59. The summed E-state index contributed by atoms with van der Waals surface area (Å²) < 4.78 is 11.5. The molecule has 4 nitrogen and oxygen atoms in total. The maximum absolute atomic E-state index is 12.4. The molecule has 1 amide bonds. The predicted octanol–water partition coefficient (Wildman–Crippen LogP) is 3.61. The Balaban J connectivity index is 1.49. The number of fused-ring (bicyclic) bond motifs is 1. The molecular weight excluding hydrogens is 346 g/mol. The quantitative estimate of drug-likeness (QED) is 0.820. The van der Waals surface area contributed by atoms with Gasteiger partial charge in [-0.05, 0) is 51.7 Å². The molecule has 1 fully saturated rings. The van der Waals surface area contributed by atoms with Crippen molar-refractivity contribution in [1.82, 2.24) is 4.90 Å². The Hall–Kier alpha value is -1.75. The van der Waals surface area contributed by atoms with Crippen molar-refractivity contribution in [3.05, 3.63) is 51.9 Å². The van der Waals surface area contributed by atoms with Crippen LogP contribution in [0.15, 0.2) is 39.4 Å². The Kier molecular flexibility index (Phi) is 3.45. The molecule has 0 bridgehead atoms. The van der Waals surface area contributed by atoms with Crippen LogP contribution in [-0.2, 0) is 6.42 Å². The molecule has 2 aromatic rings. The van der Waals surface area contributed by atoms with Crippen LogP contribution in [0.3, 0.4) is 0 Å². The fourth-order valence-electron chi connectivity index (χ4n) is 3.26. The number of rotatable bonds is 2. The molecule has 1 aromatic heterocycles. The number of hydrogen-bond acceptors (Lipinski definition) is 3. The maximum atomic E-state index is 12.4. The van der Waals surface area contributed by atoms with Gasteiger partial charge in [-0.3, -0.25) is 4.79 Å². The number of amides is 1. The Morgan fingerprint density at radius 2 is 2.18 bits per heavy atom. The van der Waals surface area contributed by atoms with E-state index < -0.39 is 0 Å². The van der Waals surface area contributed by atoms with Crippen molar-refractivity contribution in [3.8, 4) is 5.75 Å². The number of carbonyl (C=O) groups excluding carboxylic acids is 1. The van der Waals surface area contributed by atoms with E-state index in [0.29, 0.717) is 16.3 Å². The molecule has 22 heavy (non-hydrogen) atoms. The van der Waals surface area contributed by atoms with E-state index in [4.69, 9.17) is 9.15 Å². The SMILES string of the molecule is O=C(c1ccc(Br)o1)N1CCC(c2ccc3c(c2)CCO3)C1. The second-order valence-electron chi connectivity index (χ2n) is 5.81. The first-order valence-electron chi connectivity index (χ1n) is 7.51. The van der Waals surface area contributed by atoms with E-state index in [1.54, 1.807) is 12.1 Å². The molecule has 0 saturated carbocycles. The zero-order valence-electron chi connectivity index (χ0n) is 12.0. The van der Waals surface area contributed by atoms with E-state index in [1.165, 1.54) is 11.1 Å². The summed E-state index contributed by atoms with van der Waals surface area (Å²) in [6, 6.07) is 9.90. The van der Waals surface area contributed by atoms with Crippen molar-refractivity contribution in [1.29, 1.82) is 0 Å². The highest BCUT2D eigenvalue weighted by atomic mass is 79.9. The van der Waals surface area contributed by atoms with Gasteiger partial charge in [-0.1, -0.05) is 12.1 Å². The van der Waals surface area contributed by atoms with Crippen molar-refractivity contribution in [2.45, 2.75) is 18.8 Å². The normalized spacial score (nSPS) is 20.0. The van der Waals surface area contributed by atoms with Crippen LogP contribution in [0.2, 0.25) is 0 Å². The minimum atomic E-state index is -0.0299. The molecule has 2 aliphatic rings. The van der Waals surface area contributed by atoms with Gasteiger partial charge in [0.2, 0.25) is 0 Å². The lowest BCUT2D eigenvalue weighted by Gasteiger charge is -2.15. The monoisotopic (exact) mass is 361 g/mol. The first-order valence-corrected chi connectivity index (χ1v) is 8.30. The molecule has 114 valence electrons. The highest BCUT2D eigenvalue weighted by molar-refractivity contribution is 9.10. The van der Waals surface area contributed by atoms with Crippen LogP contribution in [0.4, 0.5) is 0 Å². The van der Waals surface area contributed by atoms with Crippen molar-refractivity contribution >= 4 is 21.8 Å². The van der Waals surface area contributed by atoms with Crippen LogP contribution in [0.25, 0.3) is 0 Å². The zero-order valence-corrected chi connectivity index (χ0v) is 13.6. The average molecular weight is 362 g/mol. The third kappa shape index (κ3) is 2.43. The number of nitrogens with zero attached hydrogens (tertiary/aromatic N) is 1. The van der Waals surface area contributed by atoms with Gasteiger partial charge in [-0.15, -0.1) is 0 Å². The smallest absolute Gasteiger partial charge is 0.289 e. The molecule has 3 heterocycles. The number of furan rings is 1. The van der Waals surface area contributed by atoms with Crippen LogP contribution >= 0.6 is 15.9 Å². The number of carbonyl (C=O) groups is 1. The fourth-order valence-corrected chi connectivity index (χ4v) is 3.57. The number of hydrogen-bond donors (Lipinski definition) is 0. The van der Waals surface area contributed by atoms with Crippen LogP contribution < -0.4 is 4.74 Å². The van der Waals surface area contributed by atoms with E-state index in [2.05, 4.69) is 34.1 Å². The van der Waals surface area contributed by atoms with Gasteiger partial charge in [-0.2, -0.15) is 0 Å². The summed E-state index contributed by atoms with van der Waals surface area (Å²) in [6.07, 6.45) is 1.98. The molecule has 0 aliphatic carbocycles. The van der Waals surface area contributed by atoms with Gasteiger partial charge >= 0.3 is 0 Å². The van der Waals surface area contributed by atoms with Crippen LogP contribution in [0.1, 0.15) is 34.0 Å². The van der Waals surface area contributed by atoms with E-state index in [-0.39, 0.29) is 5.91 Å². The lowest BCUT2D eigenvalue weighted by Crippen LogP contribution is -2.28. The Morgan fingerprint density at radius 1 is 1.27 bits per heavy atom. The number of ether oxygens (including phenoxy) is 1. The molecule has 2 aliphatic heterocycles. The third-order valence-corrected chi connectivity index (χ3v) is 4.87. The minimum absolute atomic E-state index is 0.0299. The average Bonchev–Trinajstić information content (AvgIpc) is 3.25. The summed E-state index contributed by atoms with van der Waals surface area (Å²) in [5.74, 6) is 1.77. The first kappa shape index (κ1) is 13.9. The number of benzene rings is 1. The van der Waals surface area contributed by atoms with Crippen molar-refractivity contribution in [3.63, 3.8) is 0 Å². The minimum Gasteiger partial charge on any atom is -0.493 e. The van der Waals surface area contributed by atoms with Crippen molar-refractivity contribution in [2.24, 2.45) is 0 Å². The van der Waals surface area contributed by atoms with Crippen molar-refractivity contribution in [2.75, 3.05) is 19.7 Å². The number of halogens is 1. The number of likely N-dealkylation sites (tertiary alicyclic amines) is 1. The van der Waals surface area contributed by atoms with Crippen LogP contribution in [-0.4, -0.2) is 30.5 Å². The van der Waals surface area contributed by atoms with Gasteiger partial charge in [0.05, 0.1) is 6.61 Å². The highest BCUT2D eigenvalue weighted by Crippen LogP contribution is 2.33. The van der Waals surface area contributed by atoms with Gasteiger partial charge in [-0.25, -0.2) is 0 Å². The van der Waals surface area contributed by atoms with E-state index >= 15 is 0 Å². The summed E-state index contributed by atoms with van der Waals surface area (Å²) in [7, 11) is 0. The summed E-state index contributed by atoms with van der Waals surface area (Å²) in [6.45, 7) is 2.30. The molecule has 1 unspecified atom stereocenters. The van der Waals surface area contributed by atoms with E-state index in [1.807, 2.05) is 4.90 Å². The zero-order chi connectivity index (χ0) is 15.1. The summed E-state index contributed by atoms with van der Waals surface area (Å²) in [5.41, 5.74) is 2.59. The standard InChI is InChI=1S/C17H16BrNO3/c18-16-4-3-15(22-16)17(20)19-7-5-13(10-19)11-1-2-14-12(9-11)6-8-21-14/h1-4,9,13H,5-8,10H2. The van der Waals surface area contributed by atoms with Crippen LogP contribution in [0.5, 0.6) is 5.75 Å². The molecule has 1 atom stereocenters. The molecule has 5 heteroatoms. The summed E-state index contributed by atoms with van der Waals surface area (Å²) >= 11 is 3.24. The maximum Gasteiger partial charge on any atom is 0.289 e. The molecular formula is C17H16BrNO3. The second kappa shape index (κ2) is 5.47. The van der Waals surface area contributed by atoms with Gasteiger partial charge in [0.1, 0.15) is 5.75 Å². The van der Waals surface area contributed by atoms with Crippen molar-refractivity contribution < 1.29 is 13.9 Å². The Labute approximate surface area is 137 Å². The summed E-state index contributed by atoms with van der Waals surface area (Å²) in [5, 5.41) is 0. The largest absolute Gasteiger partial charge is 0.493 e.